The molecule has 0 amide bonds. The highest BCUT2D eigenvalue weighted by molar-refractivity contribution is 6.31. The zero-order valence-electron chi connectivity index (χ0n) is 13.8. The Labute approximate surface area is 157 Å². The van der Waals surface area contributed by atoms with Gasteiger partial charge in [-0.3, -0.25) is 0 Å². The molecular weight excluding hydrogens is 353 g/mol. The van der Waals surface area contributed by atoms with Crippen molar-refractivity contribution in [1.82, 2.24) is 4.57 Å². The summed E-state index contributed by atoms with van der Waals surface area (Å²) in [4.78, 5) is 0. The summed E-state index contributed by atoms with van der Waals surface area (Å²) in [5.41, 5.74) is 3.49. The predicted molar refractivity (Wildman–Crippen MR) is 104 cm³/mol. The Kier molecular flexibility index (Phi) is 3.72. The molecule has 2 aliphatic rings. The van der Waals surface area contributed by atoms with E-state index < -0.39 is 0 Å². The van der Waals surface area contributed by atoms with E-state index in [-0.39, 0.29) is 6.23 Å². The van der Waals surface area contributed by atoms with Crippen molar-refractivity contribution in [2.45, 2.75) is 38.3 Å². The van der Waals surface area contributed by atoms with Crippen LogP contribution in [-0.4, -0.2) is 4.57 Å². The first kappa shape index (κ1) is 15.6. The van der Waals surface area contributed by atoms with Gasteiger partial charge in [0.25, 0.3) is 0 Å². The van der Waals surface area contributed by atoms with Crippen molar-refractivity contribution in [3.63, 3.8) is 0 Å². The maximum Gasteiger partial charge on any atom is 0.179 e. The van der Waals surface area contributed by atoms with Crippen molar-refractivity contribution in [3.05, 3.63) is 52.5 Å². The summed E-state index contributed by atoms with van der Waals surface area (Å²) < 4.78 is 8.89. The van der Waals surface area contributed by atoms with E-state index >= 15 is 0 Å². The molecule has 0 unspecified atom stereocenters. The average Bonchev–Trinajstić information content (AvgIpc) is 3.00. The second-order valence-corrected chi connectivity index (χ2v) is 8.02. The molecule has 5 rings (SSSR count). The van der Waals surface area contributed by atoms with E-state index in [1.165, 1.54) is 43.3 Å². The lowest BCUT2D eigenvalue weighted by atomic mass is 9.87. The summed E-state index contributed by atoms with van der Waals surface area (Å²) in [6, 6.07) is 14.3. The number of hydrogen-bond acceptors (Lipinski definition) is 1. The zero-order valence-corrected chi connectivity index (χ0v) is 15.4. The van der Waals surface area contributed by atoms with Gasteiger partial charge in [0.2, 0.25) is 0 Å². The third-order valence-corrected chi connectivity index (χ3v) is 6.05. The number of hydrogen-bond donors (Lipinski definition) is 0. The smallest absolute Gasteiger partial charge is 0.179 e. The van der Waals surface area contributed by atoms with Crippen molar-refractivity contribution in [3.8, 4) is 17.0 Å². The molecule has 1 atom stereocenters. The first-order valence-electron chi connectivity index (χ1n) is 8.98. The number of aromatic nitrogens is 1. The molecule has 1 fully saturated rings. The van der Waals surface area contributed by atoms with Crippen molar-refractivity contribution < 1.29 is 4.74 Å². The van der Waals surface area contributed by atoms with Crippen LogP contribution < -0.4 is 4.74 Å². The second kappa shape index (κ2) is 5.96. The Balaban J connectivity index is 1.74. The average molecular weight is 372 g/mol. The quantitative estimate of drug-likeness (QED) is 0.445. The van der Waals surface area contributed by atoms with Gasteiger partial charge in [0, 0.05) is 26.9 Å². The SMILES string of the molecule is Clc1ccc2c(c1)O[C@@H](C1CCCCC1)n1c-2cc2cc(Cl)ccc21. The van der Waals surface area contributed by atoms with Gasteiger partial charge in [0.1, 0.15) is 5.75 Å². The fourth-order valence-corrected chi connectivity index (χ4v) is 4.75. The predicted octanol–water partition coefficient (Wildman–Crippen LogP) is 7.09. The maximum absolute atomic E-state index is 6.52. The van der Waals surface area contributed by atoms with E-state index in [4.69, 9.17) is 27.9 Å². The lowest BCUT2D eigenvalue weighted by Crippen LogP contribution is -2.29. The van der Waals surface area contributed by atoms with E-state index in [9.17, 15) is 0 Å². The number of benzene rings is 2. The van der Waals surface area contributed by atoms with Crippen LogP contribution in [0.3, 0.4) is 0 Å². The highest BCUT2D eigenvalue weighted by Gasteiger charge is 2.34. The standard InChI is InChI=1S/C21H19Cl2NO/c22-15-7-9-18-14(10-15)11-19-17-8-6-16(23)12-20(17)25-21(24(18)19)13-4-2-1-3-5-13/h6-13,21H,1-5H2/t21-/m0/s1. The lowest BCUT2D eigenvalue weighted by Gasteiger charge is -2.36. The monoisotopic (exact) mass is 371 g/mol. The van der Waals surface area contributed by atoms with E-state index in [1.54, 1.807) is 0 Å². The maximum atomic E-state index is 6.52. The molecule has 1 aliphatic heterocycles. The summed E-state index contributed by atoms with van der Waals surface area (Å²) in [7, 11) is 0. The Morgan fingerprint density at radius 1 is 0.880 bits per heavy atom. The molecule has 0 saturated heterocycles. The Hall–Kier alpha value is -1.64. The topological polar surface area (TPSA) is 14.2 Å². The van der Waals surface area contributed by atoms with Crippen LogP contribution in [0.15, 0.2) is 42.5 Å². The fourth-order valence-electron chi connectivity index (χ4n) is 4.40. The van der Waals surface area contributed by atoms with Crippen molar-refractivity contribution >= 4 is 34.1 Å². The molecule has 25 heavy (non-hydrogen) atoms. The van der Waals surface area contributed by atoms with Crippen LogP contribution in [0, 0.1) is 5.92 Å². The molecule has 1 saturated carbocycles. The summed E-state index contributed by atoms with van der Waals surface area (Å²) in [6.07, 6.45) is 6.36. The van der Waals surface area contributed by atoms with Gasteiger partial charge in [-0.05, 0) is 55.3 Å². The molecule has 2 nitrogen and oxygen atoms in total. The molecule has 4 heteroatoms. The van der Waals surface area contributed by atoms with Gasteiger partial charge in [-0.25, -0.2) is 0 Å². The molecule has 2 heterocycles. The fraction of sp³-hybridized carbons (Fsp3) is 0.333. The minimum Gasteiger partial charge on any atom is -0.469 e. The van der Waals surface area contributed by atoms with Crippen LogP contribution >= 0.6 is 23.2 Å². The van der Waals surface area contributed by atoms with Gasteiger partial charge in [-0.15, -0.1) is 0 Å². The molecule has 3 aromatic rings. The molecule has 0 spiro atoms. The summed E-state index contributed by atoms with van der Waals surface area (Å²) >= 11 is 12.5. The van der Waals surface area contributed by atoms with E-state index in [0.29, 0.717) is 10.9 Å². The van der Waals surface area contributed by atoms with E-state index in [0.717, 1.165) is 21.7 Å². The first-order valence-corrected chi connectivity index (χ1v) is 9.73. The van der Waals surface area contributed by atoms with Gasteiger partial charge in [0.15, 0.2) is 6.23 Å². The number of nitrogens with zero attached hydrogens (tertiary/aromatic N) is 1. The number of rotatable bonds is 1. The van der Waals surface area contributed by atoms with Crippen LogP contribution in [0.5, 0.6) is 5.75 Å². The van der Waals surface area contributed by atoms with Crippen molar-refractivity contribution in [2.75, 3.05) is 0 Å². The molecule has 1 aliphatic carbocycles. The van der Waals surface area contributed by atoms with Gasteiger partial charge < -0.3 is 9.30 Å². The summed E-state index contributed by atoms with van der Waals surface area (Å²) in [5, 5.41) is 2.64. The Morgan fingerprint density at radius 3 is 2.48 bits per heavy atom. The van der Waals surface area contributed by atoms with Crippen LogP contribution in [0.25, 0.3) is 22.2 Å². The van der Waals surface area contributed by atoms with Crippen LogP contribution in [0.2, 0.25) is 10.0 Å². The minimum absolute atomic E-state index is 0.0277. The van der Waals surface area contributed by atoms with Crippen LogP contribution in [-0.2, 0) is 0 Å². The summed E-state index contributed by atoms with van der Waals surface area (Å²) in [5.74, 6) is 1.43. The molecule has 0 N–H and O–H groups in total. The second-order valence-electron chi connectivity index (χ2n) is 7.15. The molecule has 128 valence electrons. The Bertz CT molecular complexity index is 956. The highest BCUT2D eigenvalue weighted by Crippen LogP contribution is 2.47. The normalized spacial score (nSPS) is 20.2. The Morgan fingerprint density at radius 2 is 1.64 bits per heavy atom. The summed E-state index contributed by atoms with van der Waals surface area (Å²) in [6.45, 7) is 0. The third-order valence-electron chi connectivity index (χ3n) is 5.58. The molecule has 0 radical (unpaired) electrons. The molecule has 0 bridgehead atoms. The largest absolute Gasteiger partial charge is 0.469 e. The van der Waals surface area contributed by atoms with E-state index in [1.807, 2.05) is 24.3 Å². The molecule has 2 aromatic carbocycles. The highest BCUT2D eigenvalue weighted by atomic mass is 35.5. The van der Waals surface area contributed by atoms with E-state index in [2.05, 4.69) is 22.8 Å². The zero-order chi connectivity index (χ0) is 17.0. The third kappa shape index (κ3) is 2.54. The number of fused-ring (bicyclic) bond motifs is 5. The van der Waals surface area contributed by atoms with Crippen LogP contribution in [0.1, 0.15) is 38.3 Å². The lowest BCUT2D eigenvalue weighted by molar-refractivity contribution is 0.0474. The van der Waals surface area contributed by atoms with Gasteiger partial charge in [-0.2, -0.15) is 0 Å². The molecule has 1 aromatic heterocycles. The van der Waals surface area contributed by atoms with Crippen molar-refractivity contribution in [1.29, 1.82) is 0 Å². The molecular formula is C21H19Cl2NO. The van der Waals surface area contributed by atoms with Gasteiger partial charge in [0.05, 0.1) is 11.2 Å². The van der Waals surface area contributed by atoms with Crippen LogP contribution in [0.4, 0.5) is 0 Å². The van der Waals surface area contributed by atoms with Gasteiger partial charge in [-0.1, -0.05) is 42.5 Å². The van der Waals surface area contributed by atoms with Gasteiger partial charge >= 0.3 is 0 Å². The van der Waals surface area contributed by atoms with Crippen molar-refractivity contribution in [2.24, 2.45) is 5.92 Å². The number of halogens is 2. The minimum atomic E-state index is 0.0277. The number of ether oxygens (including phenoxy) is 1. The first-order chi connectivity index (χ1) is 12.2.